The van der Waals surface area contributed by atoms with Crippen LogP contribution >= 0.6 is 0 Å². The summed E-state index contributed by atoms with van der Waals surface area (Å²) in [7, 11) is 0. The zero-order valence-electron chi connectivity index (χ0n) is 13.7. The van der Waals surface area contributed by atoms with Crippen LogP contribution in [0.2, 0.25) is 0 Å². The largest absolute Gasteiger partial charge is 0.350 e. The Hall–Kier alpha value is -2.60. The van der Waals surface area contributed by atoms with E-state index < -0.39 is 24.9 Å². The topological polar surface area (TPSA) is 72.2 Å². The van der Waals surface area contributed by atoms with Crippen molar-refractivity contribution in [1.29, 1.82) is 0 Å². The van der Waals surface area contributed by atoms with Gasteiger partial charge in [-0.15, -0.1) is 0 Å². The lowest BCUT2D eigenvalue weighted by atomic mass is 10.0. The van der Waals surface area contributed by atoms with Crippen molar-refractivity contribution in [3.8, 4) is 11.1 Å². The number of nitrogens with two attached hydrogens (primary N) is 1. The zero-order valence-corrected chi connectivity index (χ0v) is 13.7. The van der Waals surface area contributed by atoms with Crippen molar-refractivity contribution in [2.45, 2.75) is 18.8 Å². The molecular weight excluding hydrogens is 326 g/mol. The van der Waals surface area contributed by atoms with Crippen LogP contribution in [0.4, 0.5) is 8.78 Å². The zero-order chi connectivity index (χ0) is 18.3. The summed E-state index contributed by atoms with van der Waals surface area (Å²) in [4.78, 5) is 23.6. The summed E-state index contributed by atoms with van der Waals surface area (Å²) in [5.74, 6) is -3.94. The van der Waals surface area contributed by atoms with Gasteiger partial charge in [0.25, 0.3) is 5.92 Å². The predicted molar refractivity (Wildman–Crippen MR) is 92.5 cm³/mol. The van der Waals surface area contributed by atoms with Crippen molar-refractivity contribution in [2.75, 3.05) is 13.1 Å². The lowest BCUT2D eigenvalue weighted by Gasteiger charge is -2.14. The Morgan fingerprint density at radius 1 is 0.920 bits per heavy atom. The molecule has 0 bridgehead atoms. The number of hydrogen-bond acceptors (Lipinski definition) is 3. The predicted octanol–water partition coefficient (Wildman–Crippen LogP) is 3.03. The van der Waals surface area contributed by atoms with Gasteiger partial charge >= 0.3 is 0 Å². The Morgan fingerprint density at radius 3 is 2.12 bits per heavy atom. The molecule has 25 heavy (non-hydrogen) atoms. The normalized spacial score (nSPS) is 11.2. The Kier molecular flexibility index (Phi) is 6.36. The van der Waals surface area contributed by atoms with Gasteiger partial charge in [0.15, 0.2) is 5.78 Å². The second-order valence-corrected chi connectivity index (χ2v) is 5.70. The second-order valence-electron chi connectivity index (χ2n) is 5.70. The smallest absolute Gasteiger partial charge is 0.277 e. The number of ketones is 1. The molecule has 0 aliphatic carbocycles. The standard InChI is InChI=1S/C19H20F2N2O2/c20-19(21,12-22)13-23-18(25)11-10-17(24)16-8-6-15(7-9-16)14-4-2-1-3-5-14/h1-9H,10-13,22H2,(H,23,25). The van der Waals surface area contributed by atoms with Crippen molar-refractivity contribution in [2.24, 2.45) is 5.73 Å². The van der Waals surface area contributed by atoms with Gasteiger partial charge in [0, 0.05) is 18.4 Å². The Labute approximate surface area is 145 Å². The molecule has 132 valence electrons. The summed E-state index contributed by atoms with van der Waals surface area (Å²) in [6.45, 7) is -1.65. The van der Waals surface area contributed by atoms with Crippen molar-refractivity contribution < 1.29 is 18.4 Å². The van der Waals surface area contributed by atoms with Crippen LogP contribution in [0.25, 0.3) is 11.1 Å². The number of benzene rings is 2. The van der Waals surface area contributed by atoms with E-state index in [1.807, 2.05) is 42.5 Å². The molecule has 0 aliphatic heterocycles. The summed E-state index contributed by atoms with van der Waals surface area (Å²) < 4.78 is 25.9. The number of nitrogens with one attached hydrogen (secondary N) is 1. The molecule has 2 aromatic carbocycles. The van der Waals surface area contributed by atoms with Crippen LogP contribution in [-0.4, -0.2) is 30.7 Å². The van der Waals surface area contributed by atoms with Gasteiger partial charge in [0.05, 0.1) is 13.1 Å². The number of halogens is 2. The van der Waals surface area contributed by atoms with E-state index in [4.69, 9.17) is 5.73 Å². The summed E-state index contributed by atoms with van der Waals surface area (Å²) in [6, 6.07) is 16.8. The van der Waals surface area contributed by atoms with Crippen LogP contribution in [0.1, 0.15) is 23.2 Å². The SMILES string of the molecule is NCC(F)(F)CNC(=O)CCC(=O)c1ccc(-c2ccccc2)cc1. The molecule has 1 amide bonds. The first-order valence-corrected chi connectivity index (χ1v) is 7.94. The van der Waals surface area contributed by atoms with E-state index >= 15 is 0 Å². The van der Waals surface area contributed by atoms with Crippen LogP contribution in [0.3, 0.4) is 0 Å². The fourth-order valence-corrected chi connectivity index (χ4v) is 2.24. The third-order valence-corrected chi connectivity index (χ3v) is 3.74. The van der Waals surface area contributed by atoms with E-state index in [0.29, 0.717) is 5.56 Å². The number of rotatable bonds is 8. The monoisotopic (exact) mass is 346 g/mol. The Balaban J connectivity index is 1.86. The molecule has 0 radical (unpaired) electrons. The van der Waals surface area contributed by atoms with E-state index in [1.54, 1.807) is 12.1 Å². The van der Waals surface area contributed by atoms with Crippen molar-refractivity contribution in [3.63, 3.8) is 0 Å². The number of hydrogen-bond donors (Lipinski definition) is 2. The maximum absolute atomic E-state index is 12.9. The van der Waals surface area contributed by atoms with Gasteiger partial charge in [-0.3, -0.25) is 9.59 Å². The van der Waals surface area contributed by atoms with Gasteiger partial charge in [-0.05, 0) is 11.1 Å². The first-order valence-electron chi connectivity index (χ1n) is 7.94. The van der Waals surface area contributed by atoms with Gasteiger partial charge in [-0.2, -0.15) is 0 Å². The summed E-state index contributed by atoms with van der Waals surface area (Å²) in [5, 5.41) is 2.09. The molecular formula is C19H20F2N2O2. The molecule has 0 saturated heterocycles. The minimum Gasteiger partial charge on any atom is -0.350 e. The Morgan fingerprint density at radius 2 is 1.52 bits per heavy atom. The molecule has 3 N–H and O–H groups in total. The minimum absolute atomic E-state index is 0.0370. The van der Waals surface area contributed by atoms with Crippen LogP contribution < -0.4 is 11.1 Å². The van der Waals surface area contributed by atoms with Crippen LogP contribution in [-0.2, 0) is 4.79 Å². The molecule has 2 rings (SSSR count). The highest BCUT2D eigenvalue weighted by molar-refractivity contribution is 5.98. The van der Waals surface area contributed by atoms with Crippen molar-refractivity contribution >= 4 is 11.7 Å². The lowest BCUT2D eigenvalue weighted by Crippen LogP contribution is -2.41. The van der Waals surface area contributed by atoms with E-state index in [0.717, 1.165) is 11.1 Å². The minimum atomic E-state index is -3.13. The molecule has 0 atom stereocenters. The molecule has 0 unspecified atom stereocenters. The molecule has 6 heteroatoms. The van der Waals surface area contributed by atoms with Gasteiger partial charge < -0.3 is 11.1 Å². The highest BCUT2D eigenvalue weighted by Gasteiger charge is 2.27. The third-order valence-electron chi connectivity index (χ3n) is 3.74. The molecule has 0 fully saturated rings. The van der Waals surface area contributed by atoms with Crippen LogP contribution in [0, 0.1) is 0 Å². The fourth-order valence-electron chi connectivity index (χ4n) is 2.24. The molecule has 0 heterocycles. The first kappa shape index (κ1) is 18.7. The van der Waals surface area contributed by atoms with Gasteiger partial charge in [0.2, 0.25) is 5.91 Å². The van der Waals surface area contributed by atoms with E-state index in [2.05, 4.69) is 5.32 Å². The highest BCUT2D eigenvalue weighted by Crippen LogP contribution is 2.20. The van der Waals surface area contributed by atoms with Gasteiger partial charge in [0.1, 0.15) is 0 Å². The Bertz CT molecular complexity index is 716. The maximum atomic E-state index is 12.9. The van der Waals surface area contributed by atoms with Crippen LogP contribution in [0.15, 0.2) is 54.6 Å². The molecule has 0 saturated carbocycles. The van der Waals surface area contributed by atoms with E-state index in [9.17, 15) is 18.4 Å². The maximum Gasteiger partial charge on any atom is 0.277 e. The van der Waals surface area contributed by atoms with Crippen molar-refractivity contribution in [3.05, 3.63) is 60.2 Å². The lowest BCUT2D eigenvalue weighted by molar-refractivity contribution is -0.122. The van der Waals surface area contributed by atoms with Gasteiger partial charge in [-0.25, -0.2) is 8.78 Å². The quantitative estimate of drug-likeness (QED) is 0.722. The fraction of sp³-hybridized carbons (Fsp3) is 0.263. The average Bonchev–Trinajstić information content (AvgIpc) is 2.65. The second kappa shape index (κ2) is 8.48. The summed E-state index contributed by atoms with van der Waals surface area (Å²) >= 11 is 0. The summed E-state index contributed by atoms with van der Waals surface area (Å²) in [5.41, 5.74) is 7.40. The molecule has 0 aliphatic rings. The molecule has 0 aromatic heterocycles. The first-order chi connectivity index (χ1) is 11.9. The highest BCUT2D eigenvalue weighted by atomic mass is 19.3. The molecule has 2 aromatic rings. The number of carbonyl (C=O) groups is 2. The van der Waals surface area contributed by atoms with E-state index in [-0.39, 0.29) is 18.6 Å². The summed E-state index contributed by atoms with van der Waals surface area (Å²) in [6.07, 6.45) is -0.176. The van der Waals surface area contributed by atoms with E-state index in [1.165, 1.54) is 0 Å². The number of amides is 1. The van der Waals surface area contributed by atoms with Crippen molar-refractivity contribution in [1.82, 2.24) is 5.32 Å². The van der Waals surface area contributed by atoms with Gasteiger partial charge in [-0.1, -0.05) is 54.6 Å². The molecule has 0 spiro atoms. The molecule has 4 nitrogen and oxygen atoms in total. The number of alkyl halides is 2. The average molecular weight is 346 g/mol. The van der Waals surface area contributed by atoms with Crippen LogP contribution in [0.5, 0.6) is 0 Å². The number of Topliss-reactive ketones (excluding diaryl/α,β-unsaturated/α-hetero) is 1. The number of carbonyl (C=O) groups excluding carboxylic acids is 2. The third kappa shape index (κ3) is 5.76.